The quantitative estimate of drug-likeness (QED) is 0.541. The number of hydrogen-bond acceptors (Lipinski definition) is 3. The summed E-state index contributed by atoms with van der Waals surface area (Å²) in [6.07, 6.45) is 1.28. The summed E-state index contributed by atoms with van der Waals surface area (Å²) in [6.45, 7) is 0.571. The maximum absolute atomic E-state index is 13.0. The lowest BCUT2D eigenvalue weighted by molar-refractivity contribution is -0.120. The van der Waals surface area contributed by atoms with Gasteiger partial charge in [-0.2, -0.15) is 0 Å². The fraction of sp³-hybridized carbons (Fsp3) is 0.261. The molecule has 3 aromatic carbocycles. The van der Waals surface area contributed by atoms with Crippen molar-refractivity contribution in [1.29, 1.82) is 0 Å². The van der Waals surface area contributed by atoms with Crippen LogP contribution in [0, 0.1) is 5.92 Å². The average Bonchev–Trinajstić information content (AvgIpc) is 2.76. The molecule has 1 heterocycles. The van der Waals surface area contributed by atoms with Gasteiger partial charge < -0.3 is 5.32 Å². The van der Waals surface area contributed by atoms with E-state index in [1.165, 1.54) is 4.31 Å². The molecule has 8 heteroatoms. The smallest absolute Gasteiger partial charge is 0.228 e. The van der Waals surface area contributed by atoms with Crippen molar-refractivity contribution < 1.29 is 13.2 Å². The number of halogens is 2. The second-order valence-electron chi connectivity index (χ2n) is 7.72. The van der Waals surface area contributed by atoms with E-state index in [0.29, 0.717) is 35.0 Å². The van der Waals surface area contributed by atoms with E-state index in [0.717, 1.165) is 16.5 Å². The third-order valence-electron chi connectivity index (χ3n) is 5.53. The molecule has 1 fully saturated rings. The molecule has 5 nitrogen and oxygen atoms in total. The molecule has 1 saturated heterocycles. The molecule has 1 aliphatic rings. The maximum atomic E-state index is 13.0. The number of hydrogen-bond donors (Lipinski definition) is 1. The van der Waals surface area contributed by atoms with E-state index < -0.39 is 15.9 Å². The molecule has 1 amide bonds. The summed E-state index contributed by atoms with van der Waals surface area (Å²) < 4.78 is 27.4. The minimum absolute atomic E-state index is 0.161. The number of amides is 1. The highest BCUT2D eigenvalue weighted by Crippen LogP contribution is 2.28. The Morgan fingerprint density at radius 2 is 1.81 bits per heavy atom. The zero-order chi connectivity index (χ0) is 22.0. The lowest BCUT2D eigenvalue weighted by Gasteiger charge is -2.31. The Balaban J connectivity index is 1.47. The minimum Gasteiger partial charge on any atom is -0.325 e. The molecule has 1 N–H and O–H groups in total. The molecular weight excluding hydrogens is 455 g/mol. The summed E-state index contributed by atoms with van der Waals surface area (Å²) in [4.78, 5) is 13.0. The number of piperidine rings is 1. The van der Waals surface area contributed by atoms with Crippen molar-refractivity contribution >= 4 is 55.6 Å². The monoisotopic (exact) mass is 476 g/mol. The van der Waals surface area contributed by atoms with E-state index in [2.05, 4.69) is 5.32 Å². The Labute approximate surface area is 192 Å². The van der Waals surface area contributed by atoms with Crippen LogP contribution in [0.2, 0.25) is 10.0 Å². The van der Waals surface area contributed by atoms with E-state index in [1.807, 2.05) is 42.5 Å². The Kier molecular flexibility index (Phi) is 6.53. The van der Waals surface area contributed by atoms with Gasteiger partial charge in [0.1, 0.15) is 0 Å². The summed E-state index contributed by atoms with van der Waals surface area (Å²) in [7, 11) is -3.59. The zero-order valence-electron chi connectivity index (χ0n) is 16.7. The van der Waals surface area contributed by atoms with Gasteiger partial charge in [-0.25, -0.2) is 12.7 Å². The van der Waals surface area contributed by atoms with Crippen LogP contribution in [0.3, 0.4) is 0 Å². The van der Waals surface area contributed by atoms with E-state index in [4.69, 9.17) is 23.2 Å². The molecule has 1 aliphatic heterocycles. The largest absolute Gasteiger partial charge is 0.325 e. The van der Waals surface area contributed by atoms with Crippen LogP contribution in [0.4, 0.5) is 5.69 Å². The van der Waals surface area contributed by atoms with Gasteiger partial charge in [-0.1, -0.05) is 65.7 Å². The van der Waals surface area contributed by atoms with Crippen molar-refractivity contribution in [3.05, 3.63) is 76.3 Å². The molecule has 162 valence electrons. The Morgan fingerprint density at radius 3 is 2.61 bits per heavy atom. The van der Waals surface area contributed by atoms with E-state index >= 15 is 0 Å². The number of fused-ring (bicyclic) bond motifs is 1. The van der Waals surface area contributed by atoms with Crippen molar-refractivity contribution in [3.8, 4) is 0 Å². The van der Waals surface area contributed by atoms with Crippen LogP contribution in [0.1, 0.15) is 18.4 Å². The molecule has 3 aromatic rings. The summed E-state index contributed by atoms with van der Waals surface area (Å²) in [5.74, 6) is -0.747. The average molecular weight is 477 g/mol. The number of carbonyl (C=O) groups excluding carboxylic acids is 1. The molecule has 0 spiro atoms. The van der Waals surface area contributed by atoms with Crippen LogP contribution < -0.4 is 5.32 Å². The topological polar surface area (TPSA) is 66.5 Å². The molecule has 0 bridgehead atoms. The van der Waals surface area contributed by atoms with Gasteiger partial charge in [0.25, 0.3) is 0 Å². The minimum atomic E-state index is -3.59. The predicted octanol–water partition coefficient (Wildman–Crippen LogP) is 5.33. The second kappa shape index (κ2) is 9.17. The van der Waals surface area contributed by atoms with Gasteiger partial charge in [-0.15, -0.1) is 0 Å². The second-order valence-corrected chi connectivity index (χ2v) is 10.5. The first kappa shape index (κ1) is 22.1. The van der Waals surface area contributed by atoms with Crippen molar-refractivity contribution in [2.24, 2.45) is 5.92 Å². The Morgan fingerprint density at radius 1 is 1.03 bits per heavy atom. The number of nitrogens with zero attached hydrogens (tertiary/aromatic N) is 1. The highest BCUT2D eigenvalue weighted by atomic mass is 35.5. The van der Waals surface area contributed by atoms with Gasteiger partial charge in [0.15, 0.2) is 0 Å². The van der Waals surface area contributed by atoms with Crippen LogP contribution in [0.15, 0.2) is 60.7 Å². The highest BCUT2D eigenvalue weighted by molar-refractivity contribution is 7.88. The third kappa shape index (κ3) is 5.04. The summed E-state index contributed by atoms with van der Waals surface area (Å²) >= 11 is 11.9. The molecule has 31 heavy (non-hydrogen) atoms. The van der Waals surface area contributed by atoms with Gasteiger partial charge >= 0.3 is 0 Å². The van der Waals surface area contributed by atoms with Crippen LogP contribution in [-0.4, -0.2) is 31.7 Å². The van der Waals surface area contributed by atoms with Gasteiger partial charge in [-0.3, -0.25) is 4.79 Å². The van der Waals surface area contributed by atoms with E-state index in [1.54, 1.807) is 18.2 Å². The Hall–Kier alpha value is -2.12. The molecule has 0 radical (unpaired) electrons. The summed E-state index contributed by atoms with van der Waals surface area (Å²) in [5, 5.41) is 5.69. The number of rotatable bonds is 5. The number of anilines is 1. The predicted molar refractivity (Wildman–Crippen MR) is 126 cm³/mol. The van der Waals surface area contributed by atoms with Crippen LogP contribution in [-0.2, 0) is 20.6 Å². The van der Waals surface area contributed by atoms with E-state index in [-0.39, 0.29) is 18.2 Å². The van der Waals surface area contributed by atoms with Crippen molar-refractivity contribution in [3.63, 3.8) is 0 Å². The van der Waals surface area contributed by atoms with Gasteiger partial charge in [0, 0.05) is 24.2 Å². The first-order valence-corrected chi connectivity index (χ1v) is 12.4. The highest BCUT2D eigenvalue weighted by Gasteiger charge is 2.32. The number of nitrogens with one attached hydrogen (secondary N) is 1. The number of sulfonamides is 1. The van der Waals surface area contributed by atoms with Crippen LogP contribution in [0.5, 0.6) is 0 Å². The van der Waals surface area contributed by atoms with Crippen LogP contribution in [0.25, 0.3) is 10.8 Å². The fourth-order valence-corrected chi connectivity index (χ4v) is 5.83. The third-order valence-corrected chi connectivity index (χ3v) is 8.08. The molecule has 4 rings (SSSR count). The molecule has 0 unspecified atom stereocenters. The SMILES string of the molecule is O=C(Nc1cccc2ccccc12)[C@@H]1CCCN(S(=O)(=O)Cc2ccc(Cl)c(Cl)c2)C1. The zero-order valence-corrected chi connectivity index (χ0v) is 19.1. The summed E-state index contributed by atoms with van der Waals surface area (Å²) in [6, 6.07) is 18.4. The van der Waals surface area contributed by atoms with Crippen molar-refractivity contribution in [1.82, 2.24) is 4.31 Å². The number of benzene rings is 3. The lowest BCUT2D eigenvalue weighted by Crippen LogP contribution is -2.44. The van der Waals surface area contributed by atoms with Crippen molar-refractivity contribution in [2.75, 3.05) is 18.4 Å². The van der Waals surface area contributed by atoms with Gasteiger partial charge in [0.05, 0.1) is 21.7 Å². The van der Waals surface area contributed by atoms with Crippen LogP contribution >= 0.6 is 23.2 Å². The first-order chi connectivity index (χ1) is 14.8. The Bertz CT molecular complexity index is 1230. The fourth-order valence-electron chi connectivity index (χ4n) is 3.91. The van der Waals surface area contributed by atoms with Crippen molar-refractivity contribution in [2.45, 2.75) is 18.6 Å². The molecule has 1 atom stereocenters. The lowest BCUT2D eigenvalue weighted by atomic mass is 9.98. The van der Waals surface area contributed by atoms with Gasteiger partial charge in [0.2, 0.25) is 15.9 Å². The maximum Gasteiger partial charge on any atom is 0.228 e. The number of carbonyl (C=O) groups is 1. The van der Waals surface area contributed by atoms with Gasteiger partial charge in [-0.05, 0) is 42.0 Å². The standard InChI is InChI=1S/C23H22Cl2N2O3S/c24-20-11-10-16(13-21(20)25)15-31(29,30)27-12-4-7-18(14-27)23(28)26-22-9-3-6-17-5-1-2-8-19(17)22/h1-3,5-6,8-11,13,18H,4,7,12,14-15H2,(H,26,28)/t18-/m1/s1. The molecule has 0 aliphatic carbocycles. The molecular formula is C23H22Cl2N2O3S. The first-order valence-electron chi connectivity index (χ1n) is 10.0. The summed E-state index contributed by atoms with van der Waals surface area (Å²) in [5.41, 5.74) is 1.30. The van der Waals surface area contributed by atoms with E-state index in [9.17, 15) is 13.2 Å². The molecule has 0 saturated carbocycles. The molecule has 0 aromatic heterocycles. The normalized spacial score (nSPS) is 17.5.